The lowest BCUT2D eigenvalue weighted by Gasteiger charge is -2.11. The number of carbonyl (C=O) groups is 3. The summed E-state index contributed by atoms with van der Waals surface area (Å²) < 4.78 is 5.42. The van der Waals surface area contributed by atoms with Crippen molar-refractivity contribution in [3.63, 3.8) is 0 Å². The van der Waals surface area contributed by atoms with Gasteiger partial charge in [0.25, 0.3) is 0 Å². The molecule has 4 rings (SSSR count). The van der Waals surface area contributed by atoms with Crippen LogP contribution in [0.1, 0.15) is 48.2 Å². The molecule has 120 valence electrons. The van der Waals surface area contributed by atoms with Gasteiger partial charge in [0.1, 0.15) is 0 Å². The van der Waals surface area contributed by atoms with Crippen molar-refractivity contribution < 1.29 is 18.8 Å². The van der Waals surface area contributed by atoms with Crippen molar-refractivity contribution in [2.45, 2.75) is 0 Å². The van der Waals surface area contributed by atoms with E-state index >= 15 is 0 Å². The molecule has 0 fully saturated rings. The fourth-order valence-corrected chi connectivity index (χ4v) is 2.81. The maximum atomic E-state index is 12.5. The van der Waals surface area contributed by atoms with Gasteiger partial charge in [-0.15, -0.1) is 0 Å². The first-order valence-corrected chi connectivity index (χ1v) is 7.75. The highest BCUT2D eigenvalue weighted by Crippen LogP contribution is 2.29. The van der Waals surface area contributed by atoms with Crippen LogP contribution in [0.25, 0.3) is 6.08 Å². The monoisotopic (exact) mass is 328 g/mol. The number of ketones is 3. The summed E-state index contributed by atoms with van der Waals surface area (Å²) in [6.45, 7) is 0. The number of hydrogen-bond acceptors (Lipinski definition) is 4. The topological polar surface area (TPSA) is 64.3 Å². The van der Waals surface area contributed by atoms with E-state index in [-0.39, 0.29) is 28.7 Å². The molecule has 0 saturated heterocycles. The van der Waals surface area contributed by atoms with E-state index in [1.54, 1.807) is 30.3 Å². The third kappa shape index (κ3) is 2.54. The van der Waals surface area contributed by atoms with Crippen LogP contribution < -0.4 is 0 Å². The Bertz CT molecular complexity index is 986. The Kier molecular flexibility index (Phi) is 3.51. The van der Waals surface area contributed by atoms with Crippen molar-refractivity contribution in [1.82, 2.24) is 0 Å². The lowest BCUT2D eigenvalue weighted by Crippen LogP contribution is -2.18. The van der Waals surface area contributed by atoms with Crippen LogP contribution in [0, 0.1) is 0 Å². The normalized spacial score (nSPS) is 13.0. The smallest absolute Gasteiger partial charge is 0.229 e. The molecule has 0 amide bonds. The van der Waals surface area contributed by atoms with Crippen molar-refractivity contribution in [1.29, 1.82) is 0 Å². The molecule has 0 unspecified atom stereocenters. The zero-order chi connectivity index (χ0) is 17.4. The predicted octanol–water partition coefficient (Wildman–Crippen LogP) is 3.95. The van der Waals surface area contributed by atoms with Crippen molar-refractivity contribution in [2.24, 2.45) is 0 Å². The van der Waals surface area contributed by atoms with E-state index in [4.69, 9.17) is 4.42 Å². The van der Waals surface area contributed by atoms with Crippen LogP contribution >= 0.6 is 0 Å². The van der Waals surface area contributed by atoms with Crippen LogP contribution in [0.4, 0.5) is 0 Å². The maximum Gasteiger partial charge on any atom is 0.229 e. The first kappa shape index (κ1) is 15.0. The Morgan fingerprint density at radius 3 is 2.16 bits per heavy atom. The van der Waals surface area contributed by atoms with Gasteiger partial charge in [-0.25, -0.2) is 0 Å². The Hall–Kier alpha value is -3.53. The number of carbonyl (C=O) groups excluding carboxylic acids is 3. The summed E-state index contributed by atoms with van der Waals surface area (Å²) in [7, 11) is 0. The Morgan fingerprint density at radius 2 is 1.44 bits per heavy atom. The second-order valence-electron chi connectivity index (χ2n) is 5.67. The molecule has 0 atom stereocenters. The highest BCUT2D eigenvalue weighted by atomic mass is 16.4. The molecule has 1 heterocycles. The van der Waals surface area contributed by atoms with E-state index in [0.29, 0.717) is 11.1 Å². The van der Waals surface area contributed by atoms with Gasteiger partial charge in [0.05, 0.1) is 5.56 Å². The van der Waals surface area contributed by atoms with Gasteiger partial charge in [0.2, 0.25) is 11.6 Å². The van der Waals surface area contributed by atoms with E-state index in [1.807, 2.05) is 30.3 Å². The fraction of sp³-hybridized carbons (Fsp3) is 0. The van der Waals surface area contributed by atoms with Crippen molar-refractivity contribution in [3.05, 3.63) is 101 Å². The molecular formula is C21H12O4. The van der Waals surface area contributed by atoms with Gasteiger partial charge in [-0.3, -0.25) is 14.4 Å². The zero-order valence-corrected chi connectivity index (χ0v) is 13.1. The highest BCUT2D eigenvalue weighted by molar-refractivity contribution is 6.28. The van der Waals surface area contributed by atoms with Crippen LogP contribution in [-0.2, 0) is 0 Å². The van der Waals surface area contributed by atoms with E-state index in [9.17, 15) is 14.4 Å². The molecule has 25 heavy (non-hydrogen) atoms. The molecule has 0 N–H and O–H groups in total. The number of benzene rings is 2. The molecule has 0 aliphatic heterocycles. The minimum absolute atomic E-state index is 0.0216. The molecule has 3 aromatic rings. The van der Waals surface area contributed by atoms with Crippen molar-refractivity contribution >= 4 is 23.4 Å². The zero-order valence-electron chi connectivity index (χ0n) is 13.1. The molecule has 0 saturated carbocycles. The minimum Gasteiger partial charge on any atom is -0.448 e. The SMILES string of the molecule is O=C(/C=C/c1ccccc1)c1cc2c(o1)C(=O)c1ccccc1C2=O. The van der Waals surface area contributed by atoms with Gasteiger partial charge >= 0.3 is 0 Å². The molecule has 1 aliphatic rings. The number of allylic oxidation sites excluding steroid dienone is 1. The summed E-state index contributed by atoms with van der Waals surface area (Å²) in [5.41, 5.74) is 1.64. The van der Waals surface area contributed by atoms with Crippen LogP contribution in [0.15, 0.2) is 71.2 Å². The predicted molar refractivity (Wildman–Crippen MR) is 91.8 cm³/mol. The molecule has 0 bridgehead atoms. The highest BCUT2D eigenvalue weighted by Gasteiger charge is 2.34. The standard InChI is InChI=1S/C21H12O4/c22-17(11-10-13-6-2-1-3-7-13)18-12-16-19(23)14-8-4-5-9-15(14)20(24)21(16)25-18/h1-12H/b11-10+. The molecule has 1 aromatic heterocycles. The summed E-state index contributed by atoms with van der Waals surface area (Å²) >= 11 is 0. The molecule has 2 aromatic carbocycles. The van der Waals surface area contributed by atoms with Gasteiger partial charge < -0.3 is 4.42 Å². The van der Waals surface area contributed by atoms with E-state index in [0.717, 1.165) is 5.56 Å². The molecule has 0 radical (unpaired) electrons. The van der Waals surface area contributed by atoms with Crippen molar-refractivity contribution in [3.8, 4) is 0 Å². The molecule has 1 aliphatic carbocycles. The first-order valence-electron chi connectivity index (χ1n) is 7.75. The maximum absolute atomic E-state index is 12.5. The number of rotatable bonds is 3. The molecular weight excluding hydrogens is 316 g/mol. The van der Waals surface area contributed by atoms with Gasteiger partial charge in [0.15, 0.2) is 17.3 Å². The largest absolute Gasteiger partial charge is 0.448 e. The lowest BCUT2D eigenvalue weighted by molar-refractivity contribution is 0.0952. The lowest BCUT2D eigenvalue weighted by atomic mass is 9.88. The van der Waals surface area contributed by atoms with E-state index in [1.165, 1.54) is 12.1 Å². The second-order valence-corrected chi connectivity index (χ2v) is 5.67. The molecule has 4 nitrogen and oxygen atoms in total. The third-order valence-electron chi connectivity index (χ3n) is 4.07. The minimum atomic E-state index is -0.400. The van der Waals surface area contributed by atoms with Gasteiger partial charge in [-0.1, -0.05) is 60.7 Å². The second kappa shape index (κ2) is 5.83. The van der Waals surface area contributed by atoms with Crippen LogP contribution in [-0.4, -0.2) is 17.3 Å². The van der Waals surface area contributed by atoms with Crippen LogP contribution in [0.3, 0.4) is 0 Å². The first-order chi connectivity index (χ1) is 12.1. The molecule has 4 heteroatoms. The Balaban J connectivity index is 1.69. The molecule has 0 spiro atoms. The summed E-state index contributed by atoms with van der Waals surface area (Å²) in [6.07, 6.45) is 3.02. The number of furan rings is 1. The Morgan fingerprint density at radius 1 is 0.800 bits per heavy atom. The van der Waals surface area contributed by atoms with Gasteiger partial charge in [0, 0.05) is 11.1 Å². The quantitative estimate of drug-likeness (QED) is 0.422. The summed E-state index contributed by atoms with van der Waals surface area (Å²) in [5.74, 6) is -1.17. The summed E-state index contributed by atoms with van der Waals surface area (Å²) in [4.78, 5) is 37.3. The number of fused-ring (bicyclic) bond motifs is 2. The average Bonchev–Trinajstić information content (AvgIpc) is 3.11. The summed E-state index contributed by atoms with van der Waals surface area (Å²) in [6, 6.07) is 17.3. The number of hydrogen-bond donors (Lipinski definition) is 0. The van der Waals surface area contributed by atoms with Gasteiger partial charge in [-0.2, -0.15) is 0 Å². The average molecular weight is 328 g/mol. The summed E-state index contributed by atoms with van der Waals surface area (Å²) in [5, 5.41) is 0. The van der Waals surface area contributed by atoms with Crippen LogP contribution in [0.2, 0.25) is 0 Å². The van der Waals surface area contributed by atoms with Crippen molar-refractivity contribution in [2.75, 3.05) is 0 Å². The Labute approximate surface area is 143 Å². The fourth-order valence-electron chi connectivity index (χ4n) is 2.81. The van der Waals surface area contributed by atoms with Crippen LogP contribution in [0.5, 0.6) is 0 Å². The van der Waals surface area contributed by atoms with E-state index < -0.39 is 5.78 Å². The van der Waals surface area contributed by atoms with Gasteiger partial charge in [-0.05, 0) is 17.7 Å². The van der Waals surface area contributed by atoms with E-state index in [2.05, 4.69) is 0 Å². The third-order valence-corrected chi connectivity index (χ3v) is 4.07.